The van der Waals surface area contributed by atoms with Crippen LogP contribution in [0.25, 0.3) is 10.9 Å². The Labute approximate surface area is 147 Å². The topological polar surface area (TPSA) is 73.1 Å². The average Bonchev–Trinajstić information content (AvgIpc) is 2.57. The summed E-state index contributed by atoms with van der Waals surface area (Å²) < 4.78 is 18.7. The van der Waals surface area contributed by atoms with Crippen LogP contribution in [-0.2, 0) is 0 Å². The predicted octanol–water partition coefficient (Wildman–Crippen LogP) is 4.37. The summed E-state index contributed by atoms with van der Waals surface area (Å²) in [6, 6.07) is 7.76. The number of nitrogen functional groups attached to an aromatic ring is 1. The van der Waals surface area contributed by atoms with Gasteiger partial charge in [-0.05, 0) is 24.3 Å². The summed E-state index contributed by atoms with van der Waals surface area (Å²) in [6.45, 7) is 0.349. The van der Waals surface area contributed by atoms with Gasteiger partial charge in [-0.15, -0.1) is 11.6 Å². The summed E-state index contributed by atoms with van der Waals surface area (Å²) in [6.07, 6.45) is 1.41. The van der Waals surface area contributed by atoms with Crippen LogP contribution in [0, 0.1) is 5.82 Å². The second-order valence-corrected chi connectivity index (χ2v) is 5.71. The van der Waals surface area contributed by atoms with Crippen LogP contribution in [0.4, 0.5) is 21.6 Å². The highest BCUT2D eigenvalue weighted by atomic mass is 35.5. The molecule has 5 nitrogen and oxygen atoms in total. The summed E-state index contributed by atoms with van der Waals surface area (Å²) in [4.78, 5) is 8.43. The van der Waals surface area contributed by atoms with Gasteiger partial charge in [0.05, 0.1) is 22.1 Å². The number of hydrogen-bond acceptors (Lipinski definition) is 5. The average molecular weight is 367 g/mol. The molecule has 1 heterocycles. The van der Waals surface area contributed by atoms with E-state index in [0.717, 1.165) is 0 Å². The van der Waals surface area contributed by atoms with Crippen molar-refractivity contribution >= 4 is 51.3 Å². The minimum atomic E-state index is -0.486. The van der Waals surface area contributed by atoms with Gasteiger partial charge in [0.15, 0.2) is 0 Å². The number of nitrogens with two attached hydrogens (primary N) is 1. The Balaban J connectivity index is 1.99. The predicted molar refractivity (Wildman–Crippen MR) is 94.9 cm³/mol. The molecule has 0 aliphatic carbocycles. The molecule has 0 saturated heterocycles. The van der Waals surface area contributed by atoms with Crippen molar-refractivity contribution in [3.63, 3.8) is 0 Å². The molecule has 0 unspecified atom stereocenters. The van der Waals surface area contributed by atoms with E-state index in [1.165, 1.54) is 18.5 Å². The summed E-state index contributed by atoms with van der Waals surface area (Å²) in [5.41, 5.74) is 7.71. The van der Waals surface area contributed by atoms with Crippen molar-refractivity contribution in [3.8, 4) is 5.75 Å². The molecule has 3 N–H and O–H groups in total. The van der Waals surface area contributed by atoms with Crippen molar-refractivity contribution in [2.75, 3.05) is 23.5 Å². The molecule has 0 fully saturated rings. The number of alkyl halides is 1. The molecule has 0 aliphatic rings. The van der Waals surface area contributed by atoms with Crippen LogP contribution in [0.1, 0.15) is 0 Å². The SMILES string of the molecule is Nc1cc2c(Nc3ccc(F)c(Cl)c3)ncnc2cc1OCCCl. The third-order valence-electron chi connectivity index (χ3n) is 3.28. The van der Waals surface area contributed by atoms with Crippen molar-refractivity contribution in [2.24, 2.45) is 0 Å². The number of hydrogen-bond donors (Lipinski definition) is 2. The molecule has 0 atom stereocenters. The highest BCUT2D eigenvalue weighted by molar-refractivity contribution is 6.31. The van der Waals surface area contributed by atoms with E-state index >= 15 is 0 Å². The molecule has 124 valence electrons. The molecule has 1 aromatic heterocycles. The quantitative estimate of drug-likeness (QED) is 0.518. The number of aromatic nitrogens is 2. The monoisotopic (exact) mass is 366 g/mol. The van der Waals surface area contributed by atoms with Crippen LogP contribution in [0.5, 0.6) is 5.75 Å². The highest BCUT2D eigenvalue weighted by Gasteiger charge is 2.10. The van der Waals surface area contributed by atoms with Gasteiger partial charge in [-0.25, -0.2) is 14.4 Å². The number of benzene rings is 2. The van der Waals surface area contributed by atoms with Crippen LogP contribution in [0.2, 0.25) is 5.02 Å². The summed E-state index contributed by atoms with van der Waals surface area (Å²) in [5, 5.41) is 3.81. The Morgan fingerprint density at radius 1 is 1.21 bits per heavy atom. The van der Waals surface area contributed by atoms with E-state index in [1.807, 2.05) is 0 Å². The first-order valence-corrected chi connectivity index (χ1v) is 7.95. The fraction of sp³-hybridized carbons (Fsp3) is 0.125. The first-order valence-electron chi connectivity index (χ1n) is 7.03. The van der Waals surface area contributed by atoms with Gasteiger partial charge in [-0.1, -0.05) is 11.6 Å². The van der Waals surface area contributed by atoms with E-state index in [0.29, 0.717) is 46.3 Å². The lowest BCUT2D eigenvalue weighted by Gasteiger charge is -2.12. The zero-order valence-electron chi connectivity index (χ0n) is 12.4. The Morgan fingerprint density at radius 2 is 2.04 bits per heavy atom. The number of fused-ring (bicyclic) bond motifs is 1. The number of nitrogens with zero attached hydrogens (tertiary/aromatic N) is 2. The maximum absolute atomic E-state index is 13.3. The molecule has 0 radical (unpaired) electrons. The molecule has 3 rings (SSSR count). The van der Waals surface area contributed by atoms with Crippen molar-refractivity contribution in [2.45, 2.75) is 0 Å². The smallest absolute Gasteiger partial charge is 0.144 e. The molecule has 0 spiro atoms. The van der Waals surface area contributed by atoms with Gasteiger partial charge in [0.2, 0.25) is 0 Å². The molecule has 0 bridgehead atoms. The van der Waals surface area contributed by atoms with Crippen LogP contribution in [0.15, 0.2) is 36.7 Å². The van der Waals surface area contributed by atoms with Gasteiger partial charge < -0.3 is 15.8 Å². The van der Waals surface area contributed by atoms with E-state index in [1.54, 1.807) is 18.2 Å². The summed E-state index contributed by atoms with van der Waals surface area (Å²) in [7, 11) is 0. The molecule has 2 aromatic carbocycles. The van der Waals surface area contributed by atoms with Crippen molar-refractivity contribution in [1.29, 1.82) is 0 Å². The molecular weight excluding hydrogens is 354 g/mol. The lowest BCUT2D eigenvalue weighted by molar-refractivity contribution is 0.345. The van der Waals surface area contributed by atoms with Crippen LogP contribution < -0.4 is 15.8 Å². The molecule has 0 aliphatic heterocycles. The number of anilines is 3. The zero-order valence-corrected chi connectivity index (χ0v) is 13.9. The number of halogens is 3. The maximum Gasteiger partial charge on any atom is 0.144 e. The van der Waals surface area contributed by atoms with E-state index in [4.69, 9.17) is 33.7 Å². The second kappa shape index (κ2) is 7.07. The Hall–Kier alpha value is -2.31. The Morgan fingerprint density at radius 3 is 2.79 bits per heavy atom. The van der Waals surface area contributed by atoms with Crippen molar-refractivity contribution in [1.82, 2.24) is 9.97 Å². The maximum atomic E-state index is 13.3. The highest BCUT2D eigenvalue weighted by Crippen LogP contribution is 2.32. The summed E-state index contributed by atoms with van der Waals surface area (Å²) >= 11 is 11.4. The van der Waals surface area contributed by atoms with E-state index in [2.05, 4.69) is 15.3 Å². The molecule has 3 aromatic rings. The number of rotatable bonds is 5. The van der Waals surface area contributed by atoms with Gasteiger partial charge in [0, 0.05) is 17.1 Å². The van der Waals surface area contributed by atoms with Crippen molar-refractivity contribution < 1.29 is 9.13 Å². The number of nitrogens with one attached hydrogen (secondary N) is 1. The van der Waals surface area contributed by atoms with Crippen LogP contribution >= 0.6 is 23.2 Å². The van der Waals surface area contributed by atoms with Gasteiger partial charge in [0.25, 0.3) is 0 Å². The van der Waals surface area contributed by atoms with Crippen LogP contribution in [0.3, 0.4) is 0 Å². The fourth-order valence-corrected chi connectivity index (χ4v) is 2.44. The molecule has 24 heavy (non-hydrogen) atoms. The summed E-state index contributed by atoms with van der Waals surface area (Å²) in [5.74, 6) is 0.912. The van der Waals surface area contributed by atoms with Crippen molar-refractivity contribution in [3.05, 3.63) is 47.5 Å². The first-order chi connectivity index (χ1) is 11.6. The Kier molecular flexibility index (Phi) is 4.87. The van der Waals surface area contributed by atoms with Gasteiger partial charge in [0.1, 0.15) is 30.3 Å². The Bertz CT molecular complexity index is 891. The number of ether oxygens (including phenoxy) is 1. The molecule has 0 saturated carbocycles. The third-order valence-corrected chi connectivity index (χ3v) is 3.73. The van der Waals surface area contributed by atoms with Gasteiger partial charge in [-0.3, -0.25) is 0 Å². The van der Waals surface area contributed by atoms with Gasteiger partial charge in [-0.2, -0.15) is 0 Å². The zero-order chi connectivity index (χ0) is 17.1. The third kappa shape index (κ3) is 3.44. The van der Waals surface area contributed by atoms with Crippen LogP contribution in [-0.4, -0.2) is 22.5 Å². The fourth-order valence-electron chi connectivity index (χ4n) is 2.18. The minimum Gasteiger partial charge on any atom is -0.490 e. The van der Waals surface area contributed by atoms with E-state index in [9.17, 15) is 4.39 Å². The molecule has 0 amide bonds. The lowest BCUT2D eigenvalue weighted by Crippen LogP contribution is -2.02. The molecule has 8 heteroatoms. The standard InChI is InChI=1S/C16H13Cl2FN4O/c17-3-4-24-15-7-14-10(6-13(15)20)16(22-8-21-14)23-9-1-2-12(19)11(18)5-9/h1-2,5-8H,3-4,20H2,(H,21,22,23). The van der Waals surface area contributed by atoms with E-state index < -0.39 is 5.82 Å². The minimum absolute atomic E-state index is 0.0228. The van der Waals surface area contributed by atoms with Gasteiger partial charge >= 0.3 is 0 Å². The molecular formula is C16H13Cl2FN4O. The normalized spacial score (nSPS) is 10.8. The second-order valence-electron chi connectivity index (χ2n) is 4.92. The largest absolute Gasteiger partial charge is 0.490 e. The van der Waals surface area contributed by atoms with E-state index in [-0.39, 0.29) is 5.02 Å². The first kappa shape index (κ1) is 16.5. The lowest BCUT2D eigenvalue weighted by atomic mass is 10.2.